The molecular formula is C22H16F6N4O2. The lowest BCUT2D eigenvalue weighted by atomic mass is 9.85. The smallest absolute Gasteiger partial charge is 0.398 e. The van der Waals surface area contributed by atoms with Gasteiger partial charge in [-0.25, -0.2) is 0 Å². The second-order valence-corrected chi connectivity index (χ2v) is 7.24. The average Bonchev–Trinajstić information content (AvgIpc) is 2.71. The summed E-state index contributed by atoms with van der Waals surface area (Å²) < 4.78 is 80.9. The van der Waals surface area contributed by atoms with E-state index in [2.05, 4.69) is 0 Å². The molecule has 6 nitrogen and oxygen atoms in total. The highest BCUT2D eigenvalue weighted by atomic mass is 19.4. The number of alkyl halides is 6. The summed E-state index contributed by atoms with van der Waals surface area (Å²) >= 11 is 0. The Labute approximate surface area is 188 Å². The highest BCUT2D eigenvalue weighted by molar-refractivity contribution is 6.10. The molecule has 2 amide bonds. The summed E-state index contributed by atoms with van der Waals surface area (Å²) in [4.78, 5) is 24.3. The number of nitrogens with two attached hydrogens (primary N) is 4. The van der Waals surface area contributed by atoms with Crippen LogP contribution in [0.3, 0.4) is 0 Å². The van der Waals surface area contributed by atoms with E-state index >= 15 is 0 Å². The van der Waals surface area contributed by atoms with Crippen molar-refractivity contribution in [3.05, 3.63) is 70.8 Å². The van der Waals surface area contributed by atoms with Gasteiger partial charge in [-0.2, -0.15) is 26.3 Å². The van der Waals surface area contributed by atoms with Gasteiger partial charge < -0.3 is 22.9 Å². The summed E-state index contributed by atoms with van der Waals surface area (Å²) in [6.07, 6.45) is -9.78. The molecule has 0 spiro atoms. The van der Waals surface area contributed by atoms with Gasteiger partial charge in [-0.3, -0.25) is 9.59 Å². The molecule has 0 bridgehead atoms. The van der Waals surface area contributed by atoms with Crippen molar-refractivity contribution in [2.24, 2.45) is 11.5 Å². The Kier molecular flexibility index (Phi) is 5.95. The van der Waals surface area contributed by atoms with E-state index in [1.807, 2.05) is 0 Å². The second kappa shape index (κ2) is 8.28. The standard InChI is InChI=1S/C22H16F6N4O2/c23-21(24,25)13-7-9(1-5-15(13)29)17-11(19(31)33)3-4-12(20(32)34)18(17)10-2-6-16(30)14(8-10)22(26,27)28/h1-8H,29-30H2,(H2,31,33)(H2,32,34). The van der Waals surface area contributed by atoms with E-state index in [0.29, 0.717) is 12.1 Å². The maximum atomic E-state index is 13.5. The average molecular weight is 482 g/mol. The zero-order valence-electron chi connectivity index (χ0n) is 17.0. The number of nitrogen functional groups attached to an aromatic ring is 2. The van der Waals surface area contributed by atoms with E-state index < -0.39 is 46.7 Å². The number of anilines is 2. The molecule has 0 aromatic heterocycles. The van der Waals surface area contributed by atoms with Crippen molar-refractivity contribution in [1.29, 1.82) is 0 Å². The van der Waals surface area contributed by atoms with Gasteiger partial charge in [0.1, 0.15) is 0 Å². The number of hydrogen-bond donors (Lipinski definition) is 4. The molecule has 0 aliphatic heterocycles. The molecular weight excluding hydrogens is 466 g/mol. The minimum absolute atomic E-state index is 0.279. The van der Waals surface area contributed by atoms with Gasteiger partial charge in [-0.15, -0.1) is 0 Å². The van der Waals surface area contributed by atoms with Crippen LogP contribution in [0.25, 0.3) is 22.3 Å². The first kappa shape index (κ1) is 24.4. The monoisotopic (exact) mass is 482 g/mol. The Balaban J connectivity index is 2.51. The van der Waals surface area contributed by atoms with Crippen molar-refractivity contribution < 1.29 is 35.9 Å². The van der Waals surface area contributed by atoms with E-state index in [0.717, 1.165) is 36.4 Å². The number of primary amides is 2. The summed E-state index contributed by atoms with van der Waals surface area (Å²) in [7, 11) is 0. The number of benzene rings is 3. The maximum absolute atomic E-state index is 13.5. The third kappa shape index (κ3) is 4.47. The predicted octanol–water partition coefficient (Wildman–Crippen LogP) is 4.42. The molecule has 0 fully saturated rings. The van der Waals surface area contributed by atoms with E-state index in [9.17, 15) is 35.9 Å². The van der Waals surface area contributed by atoms with Crippen molar-refractivity contribution in [2.45, 2.75) is 12.4 Å². The van der Waals surface area contributed by atoms with E-state index in [4.69, 9.17) is 22.9 Å². The fourth-order valence-corrected chi connectivity index (χ4v) is 3.53. The molecule has 0 aliphatic rings. The number of amides is 2. The van der Waals surface area contributed by atoms with Crippen LogP contribution >= 0.6 is 0 Å². The fourth-order valence-electron chi connectivity index (χ4n) is 3.53. The Morgan fingerprint density at radius 2 is 0.912 bits per heavy atom. The molecule has 3 rings (SSSR count). The highest BCUT2D eigenvalue weighted by Crippen LogP contribution is 2.43. The van der Waals surface area contributed by atoms with Crippen molar-refractivity contribution >= 4 is 23.2 Å². The van der Waals surface area contributed by atoms with Gasteiger partial charge in [-0.05, 0) is 47.5 Å². The molecule has 0 unspecified atom stereocenters. The molecule has 0 atom stereocenters. The van der Waals surface area contributed by atoms with Crippen LogP contribution < -0.4 is 22.9 Å². The molecule has 3 aromatic carbocycles. The zero-order valence-corrected chi connectivity index (χ0v) is 17.0. The Hall–Kier alpha value is -4.22. The quantitative estimate of drug-likeness (QED) is 0.323. The third-order valence-corrected chi connectivity index (χ3v) is 5.03. The second-order valence-electron chi connectivity index (χ2n) is 7.24. The lowest BCUT2D eigenvalue weighted by molar-refractivity contribution is -0.137. The predicted molar refractivity (Wildman–Crippen MR) is 113 cm³/mol. The van der Waals surface area contributed by atoms with E-state index in [1.54, 1.807) is 0 Å². The van der Waals surface area contributed by atoms with Crippen molar-refractivity contribution in [3.8, 4) is 22.3 Å². The molecule has 34 heavy (non-hydrogen) atoms. The Bertz CT molecular complexity index is 1220. The molecule has 178 valence electrons. The van der Waals surface area contributed by atoms with E-state index in [1.165, 1.54) is 0 Å². The van der Waals surface area contributed by atoms with Crippen LogP contribution in [0.5, 0.6) is 0 Å². The molecule has 0 heterocycles. The maximum Gasteiger partial charge on any atom is 0.418 e. The first-order chi connectivity index (χ1) is 15.6. The van der Waals surface area contributed by atoms with Crippen LogP contribution in [-0.2, 0) is 12.4 Å². The van der Waals surface area contributed by atoms with Gasteiger partial charge in [0.15, 0.2) is 0 Å². The summed E-state index contributed by atoms with van der Waals surface area (Å²) in [5, 5.41) is 0. The van der Waals surface area contributed by atoms with Gasteiger partial charge in [-0.1, -0.05) is 12.1 Å². The largest absolute Gasteiger partial charge is 0.418 e. The van der Waals surface area contributed by atoms with Crippen LogP contribution in [0.1, 0.15) is 31.8 Å². The highest BCUT2D eigenvalue weighted by Gasteiger charge is 2.35. The van der Waals surface area contributed by atoms with Crippen molar-refractivity contribution in [3.63, 3.8) is 0 Å². The van der Waals surface area contributed by atoms with Gasteiger partial charge in [0, 0.05) is 33.6 Å². The fraction of sp³-hybridized carbons (Fsp3) is 0.0909. The van der Waals surface area contributed by atoms with Crippen LogP contribution in [0.2, 0.25) is 0 Å². The molecule has 8 N–H and O–H groups in total. The number of halogens is 6. The lowest BCUT2D eigenvalue weighted by Gasteiger charge is -2.20. The molecule has 0 aliphatic carbocycles. The minimum atomic E-state index is -4.89. The topological polar surface area (TPSA) is 138 Å². The number of carbonyl (C=O) groups is 2. The van der Waals surface area contributed by atoms with Gasteiger partial charge in [0.2, 0.25) is 11.8 Å². The van der Waals surface area contributed by atoms with Gasteiger partial charge >= 0.3 is 12.4 Å². The molecule has 12 heteroatoms. The lowest BCUT2D eigenvalue weighted by Crippen LogP contribution is -2.18. The normalized spacial score (nSPS) is 11.9. The third-order valence-electron chi connectivity index (χ3n) is 5.03. The number of hydrogen-bond acceptors (Lipinski definition) is 4. The molecule has 0 saturated carbocycles. The summed E-state index contributed by atoms with van der Waals surface area (Å²) in [5.74, 6) is -2.21. The van der Waals surface area contributed by atoms with E-state index in [-0.39, 0.29) is 33.4 Å². The van der Waals surface area contributed by atoms with Crippen molar-refractivity contribution in [2.75, 3.05) is 11.5 Å². The summed E-state index contributed by atoms with van der Waals surface area (Å²) in [5.41, 5.74) is 16.0. The van der Waals surface area contributed by atoms with Crippen LogP contribution in [0.4, 0.5) is 37.7 Å². The zero-order chi connectivity index (χ0) is 25.6. The Morgan fingerprint density at radius 1 is 0.588 bits per heavy atom. The first-order valence-electron chi connectivity index (χ1n) is 9.33. The van der Waals surface area contributed by atoms with Crippen LogP contribution in [0, 0.1) is 0 Å². The van der Waals surface area contributed by atoms with Crippen LogP contribution in [0.15, 0.2) is 48.5 Å². The number of carbonyl (C=O) groups excluding carboxylic acids is 2. The molecule has 0 saturated heterocycles. The summed E-state index contributed by atoms with van der Waals surface area (Å²) in [6, 6.07) is 7.35. The van der Waals surface area contributed by atoms with Gasteiger partial charge in [0.05, 0.1) is 11.1 Å². The van der Waals surface area contributed by atoms with Gasteiger partial charge in [0.25, 0.3) is 0 Å². The Morgan fingerprint density at radius 3 is 1.18 bits per heavy atom. The number of rotatable bonds is 4. The SMILES string of the molecule is NC(=O)c1ccc(C(N)=O)c(-c2ccc(N)c(C(F)(F)F)c2)c1-c1ccc(N)c(C(F)(F)F)c1. The van der Waals surface area contributed by atoms with Crippen LogP contribution in [-0.4, -0.2) is 11.8 Å². The molecule has 0 radical (unpaired) electrons. The van der Waals surface area contributed by atoms with Crippen molar-refractivity contribution in [1.82, 2.24) is 0 Å². The molecule has 3 aromatic rings. The minimum Gasteiger partial charge on any atom is -0.398 e. The first-order valence-corrected chi connectivity index (χ1v) is 9.33. The summed E-state index contributed by atoms with van der Waals surface area (Å²) in [6.45, 7) is 0.